The van der Waals surface area contributed by atoms with Crippen molar-refractivity contribution in [2.24, 2.45) is 5.10 Å². The number of amides is 1. The number of rotatable bonds is 7. The fourth-order valence-corrected chi connectivity index (χ4v) is 4.28. The molecule has 30 heavy (non-hydrogen) atoms. The van der Waals surface area contributed by atoms with Gasteiger partial charge >= 0.3 is 0 Å². The van der Waals surface area contributed by atoms with Crippen LogP contribution in [0.3, 0.4) is 0 Å². The molecule has 0 atom stereocenters. The zero-order valence-electron chi connectivity index (χ0n) is 17.7. The van der Waals surface area contributed by atoms with E-state index < -0.39 is 0 Å². The molecule has 0 aliphatic rings. The van der Waals surface area contributed by atoms with E-state index in [2.05, 4.69) is 42.6 Å². The molecule has 3 aromatic rings. The Kier molecular flexibility index (Phi) is 7.11. The lowest BCUT2D eigenvalue weighted by atomic mass is 10.1. The Labute approximate surface area is 181 Å². The van der Waals surface area contributed by atoms with Gasteiger partial charge in [-0.25, -0.2) is 9.82 Å². The number of hydrazone groups is 1. The number of carbonyl (C=O) groups is 1. The number of aromatic nitrogens is 1. The Morgan fingerprint density at radius 1 is 1.07 bits per heavy atom. The molecule has 0 aliphatic heterocycles. The van der Waals surface area contributed by atoms with Gasteiger partial charge in [0.1, 0.15) is 5.82 Å². The first-order valence-electron chi connectivity index (χ1n) is 9.75. The lowest BCUT2D eigenvalue weighted by molar-refractivity contribution is -0.118. The number of carbonyl (C=O) groups excluding carboxylic acids is 1. The van der Waals surface area contributed by atoms with Crippen LogP contribution < -0.4 is 5.43 Å². The summed E-state index contributed by atoms with van der Waals surface area (Å²) < 4.78 is 15.2. The van der Waals surface area contributed by atoms with E-state index in [4.69, 9.17) is 0 Å². The summed E-state index contributed by atoms with van der Waals surface area (Å²) in [6.07, 6.45) is 1.65. The minimum absolute atomic E-state index is 0.132. The van der Waals surface area contributed by atoms with Gasteiger partial charge in [0.05, 0.1) is 12.0 Å². The summed E-state index contributed by atoms with van der Waals surface area (Å²) in [4.78, 5) is 12.1. The van der Waals surface area contributed by atoms with Crippen molar-refractivity contribution in [2.75, 3.05) is 5.75 Å². The minimum Gasteiger partial charge on any atom is -0.318 e. The largest absolute Gasteiger partial charge is 0.318 e. The molecule has 156 valence electrons. The molecule has 4 nitrogen and oxygen atoms in total. The molecule has 3 rings (SSSR count). The fraction of sp³-hybridized carbons (Fsp3) is 0.250. The van der Waals surface area contributed by atoms with Crippen LogP contribution in [0.15, 0.2) is 53.6 Å². The maximum atomic E-state index is 13.2. The topological polar surface area (TPSA) is 46.4 Å². The summed E-state index contributed by atoms with van der Waals surface area (Å²) in [5, 5.41) is 4.11. The molecule has 1 amide bonds. The molecule has 0 saturated carbocycles. The standard InChI is InChI=1S/C24H26FN3OS/c1-16-9-17(2)11-20(10-16)14-30-15-24(29)27-26-13-21-12-18(3)28(19(21)4)23-7-5-22(25)6-8-23/h5-13H,14-15H2,1-4H3,(H,27,29)/b26-13-. The quantitative estimate of drug-likeness (QED) is 0.418. The van der Waals surface area contributed by atoms with E-state index in [-0.39, 0.29) is 11.7 Å². The van der Waals surface area contributed by atoms with Gasteiger partial charge in [-0.3, -0.25) is 4.79 Å². The second kappa shape index (κ2) is 9.76. The average molecular weight is 424 g/mol. The van der Waals surface area contributed by atoms with E-state index in [0.717, 1.165) is 28.4 Å². The lowest BCUT2D eigenvalue weighted by Crippen LogP contribution is -2.19. The molecule has 0 aliphatic carbocycles. The van der Waals surface area contributed by atoms with Crippen LogP contribution in [0, 0.1) is 33.5 Å². The van der Waals surface area contributed by atoms with Crippen molar-refractivity contribution >= 4 is 23.9 Å². The predicted octanol–water partition coefficient (Wildman–Crippen LogP) is 5.23. The van der Waals surface area contributed by atoms with Gasteiger partial charge in [0.15, 0.2) is 0 Å². The third kappa shape index (κ3) is 5.60. The van der Waals surface area contributed by atoms with E-state index in [1.54, 1.807) is 30.1 Å². The molecule has 6 heteroatoms. The minimum atomic E-state index is -0.263. The SMILES string of the molecule is Cc1cc(C)cc(CSCC(=O)N/N=C\c2cc(C)n(-c3ccc(F)cc3)c2C)c1. The normalized spacial score (nSPS) is 11.2. The second-order valence-corrected chi connectivity index (χ2v) is 8.41. The summed E-state index contributed by atoms with van der Waals surface area (Å²) >= 11 is 1.57. The van der Waals surface area contributed by atoms with Crippen molar-refractivity contribution in [3.8, 4) is 5.69 Å². The first-order chi connectivity index (χ1) is 14.3. The zero-order chi connectivity index (χ0) is 21.7. The first-order valence-corrected chi connectivity index (χ1v) is 10.9. The zero-order valence-corrected chi connectivity index (χ0v) is 18.5. The van der Waals surface area contributed by atoms with Gasteiger partial charge in [-0.05, 0) is 63.6 Å². The molecule has 0 fully saturated rings. The maximum absolute atomic E-state index is 13.2. The number of thioether (sulfide) groups is 1. The lowest BCUT2D eigenvalue weighted by Gasteiger charge is -2.09. The Morgan fingerprint density at radius 2 is 1.73 bits per heavy atom. The van der Waals surface area contributed by atoms with Crippen LogP contribution in [0.1, 0.15) is 33.6 Å². The molecule has 0 radical (unpaired) electrons. The number of aryl methyl sites for hydroxylation is 3. The molecule has 1 heterocycles. The molecule has 2 aromatic carbocycles. The fourth-order valence-electron chi connectivity index (χ4n) is 3.53. The van der Waals surface area contributed by atoms with Crippen LogP contribution in [0.25, 0.3) is 5.69 Å². The van der Waals surface area contributed by atoms with Crippen molar-refractivity contribution in [3.05, 3.63) is 88.0 Å². The molecule has 0 saturated heterocycles. The number of nitrogens with one attached hydrogen (secondary N) is 1. The number of nitrogens with zero attached hydrogens (tertiary/aromatic N) is 2. The van der Waals surface area contributed by atoms with Crippen LogP contribution >= 0.6 is 11.8 Å². The summed E-state index contributed by atoms with van der Waals surface area (Å²) in [6.45, 7) is 8.11. The third-order valence-electron chi connectivity index (χ3n) is 4.73. The third-order valence-corrected chi connectivity index (χ3v) is 5.74. The van der Waals surface area contributed by atoms with E-state index in [1.807, 2.05) is 24.5 Å². The van der Waals surface area contributed by atoms with Crippen LogP contribution in [0.5, 0.6) is 0 Å². The first kappa shape index (κ1) is 21.8. The monoisotopic (exact) mass is 423 g/mol. The van der Waals surface area contributed by atoms with Crippen LogP contribution in [0.4, 0.5) is 4.39 Å². The Balaban J connectivity index is 1.55. The van der Waals surface area contributed by atoms with E-state index >= 15 is 0 Å². The predicted molar refractivity (Wildman–Crippen MR) is 123 cm³/mol. The Hall–Kier alpha value is -2.86. The molecular weight excluding hydrogens is 397 g/mol. The molecular formula is C24H26FN3OS. The van der Waals surface area contributed by atoms with Crippen molar-refractivity contribution in [1.29, 1.82) is 0 Å². The van der Waals surface area contributed by atoms with Crippen LogP contribution in [-0.2, 0) is 10.5 Å². The number of benzene rings is 2. The van der Waals surface area contributed by atoms with Crippen molar-refractivity contribution in [3.63, 3.8) is 0 Å². The van der Waals surface area contributed by atoms with Gasteiger partial charge in [0.2, 0.25) is 5.91 Å². The summed E-state index contributed by atoms with van der Waals surface area (Å²) in [5.74, 6) is 0.742. The van der Waals surface area contributed by atoms with Crippen molar-refractivity contribution < 1.29 is 9.18 Å². The molecule has 1 N–H and O–H groups in total. The Morgan fingerprint density at radius 3 is 2.40 bits per heavy atom. The smallest absolute Gasteiger partial charge is 0.250 e. The number of hydrogen-bond acceptors (Lipinski definition) is 3. The van der Waals surface area contributed by atoms with Crippen molar-refractivity contribution in [1.82, 2.24) is 9.99 Å². The molecule has 0 bridgehead atoms. The summed E-state index contributed by atoms with van der Waals surface area (Å²) in [5.41, 5.74) is 10.1. The van der Waals surface area contributed by atoms with Gasteiger partial charge < -0.3 is 4.57 Å². The van der Waals surface area contributed by atoms with Gasteiger partial charge in [0, 0.05) is 28.4 Å². The average Bonchev–Trinajstić information content (AvgIpc) is 2.95. The Bertz CT molecular complexity index is 1050. The molecule has 1 aromatic heterocycles. The van der Waals surface area contributed by atoms with Gasteiger partial charge in [-0.15, -0.1) is 11.8 Å². The van der Waals surface area contributed by atoms with Gasteiger partial charge in [-0.2, -0.15) is 5.10 Å². The van der Waals surface area contributed by atoms with Gasteiger partial charge in [0.25, 0.3) is 0 Å². The number of halogens is 1. The highest BCUT2D eigenvalue weighted by Crippen LogP contribution is 2.20. The highest BCUT2D eigenvalue weighted by molar-refractivity contribution is 7.99. The maximum Gasteiger partial charge on any atom is 0.250 e. The van der Waals surface area contributed by atoms with Crippen molar-refractivity contribution in [2.45, 2.75) is 33.4 Å². The second-order valence-electron chi connectivity index (χ2n) is 7.42. The van der Waals surface area contributed by atoms with E-state index in [1.165, 1.54) is 28.8 Å². The highest BCUT2D eigenvalue weighted by Gasteiger charge is 2.10. The summed E-state index contributed by atoms with van der Waals surface area (Å²) in [7, 11) is 0. The highest BCUT2D eigenvalue weighted by atomic mass is 32.2. The van der Waals surface area contributed by atoms with Crippen LogP contribution in [0.2, 0.25) is 0 Å². The number of hydrogen-bond donors (Lipinski definition) is 1. The van der Waals surface area contributed by atoms with E-state index in [0.29, 0.717) is 5.75 Å². The van der Waals surface area contributed by atoms with E-state index in [9.17, 15) is 9.18 Å². The molecule has 0 spiro atoms. The van der Waals surface area contributed by atoms with Crippen LogP contribution in [-0.4, -0.2) is 22.4 Å². The summed E-state index contributed by atoms with van der Waals surface area (Å²) in [6, 6.07) is 14.8. The molecule has 0 unspecified atom stereocenters. The van der Waals surface area contributed by atoms with Gasteiger partial charge in [-0.1, -0.05) is 29.3 Å².